The van der Waals surface area contributed by atoms with Crippen molar-refractivity contribution in [1.82, 2.24) is 10.6 Å². The molecule has 3 atom stereocenters. The first kappa shape index (κ1) is 20.3. The summed E-state index contributed by atoms with van der Waals surface area (Å²) in [5, 5.41) is 6.71. The molecule has 0 bridgehead atoms. The summed E-state index contributed by atoms with van der Waals surface area (Å²) in [5.41, 5.74) is 0.00793. The lowest BCUT2D eigenvalue weighted by Crippen LogP contribution is -2.52. The van der Waals surface area contributed by atoms with Gasteiger partial charge < -0.3 is 15.4 Å². The van der Waals surface area contributed by atoms with E-state index in [0.29, 0.717) is 29.8 Å². The molecule has 0 aromatic rings. The number of alkyl carbamates (subject to hydrolysis) is 1. The van der Waals surface area contributed by atoms with Crippen molar-refractivity contribution in [2.24, 2.45) is 17.3 Å². The van der Waals surface area contributed by atoms with Crippen LogP contribution in [-0.4, -0.2) is 30.3 Å². The summed E-state index contributed by atoms with van der Waals surface area (Å²) >= 11 is 0. The number of amides is 1. The summed E-state index contributed by atoms with van der Waals surface area (Å²) < 4.78 is 5.33. The maximum atomic E-state index is 11.9. The largest absolute Gasteiger partial charge is 0.444 e. The number of hydrogen-bond donors (Lipinski definition) is 2. The minimum Gasteiger partial charge on any atom is -0.444 e. The van der Waals surface area contributed by atoms with Gasteiger partial charge >= 0.3 is 6.09 Å². The van der Waals surface area contributed by atoms with Gasteiger partial charge in [0.25, 0.3) is 0 Å². The molecule has 23 heavy (non-hydrogen) atoms. The first-order valence-electron chi connectivity index (χ1n) is 9.12. The molecule has 0 aromatic heterocycles. The Bertz CT molecular complexity index is 385. The highest BCUT2D eigenvalue weighted by molar-refractivity contribution is 5.67. The molecular formula is C19H38N2O2. The van der Waals surface area contributed by atoms with Crippen LogP contribution in [0.1, 0.15) is 74.7 Å². The normalized spacial score (nSPS) is 26.0. The van der Waals surface area contributed by atoms with E-state index in [-0.39, 0.29) is 12.1 Å². The van der Waals surface area contributed by atoms with Crippen LogP contribution in [0.15, 0.2) is 0 Å². The zero-order chi connectivity index (χ0) is 17.8. The Balaban J connectivity index is 2.51. The summed E-state index contributed by atoms with van der Waals surface area (Å²) in [4.78, 5) is 11.9. The summed E-state index contributed by atoms with van der Waals surface area (Å²) in [6, 6.07) is 0.812. The Morgan fingerprint density at radius 2 is 1.91 bits per heavy atom. The van der Waals surface area contributed by atoms with E-state index in [1.165, 1.54) is 19.3 Å². The second-order valence-corrected chi connectivity index (χ2v) is 9.39. The lowest BCUT2D eigenvalue weighted by Gasteiger charge is -2.41. The molecule has 3 unspecified atom stereocenters. The van der Waals surface area contributed by atoms with E-state index in [9.17, 15) is 4.79 Å². The maximum absolute atomic E-state index is 11.9. The van der Waals surface area contributed by atoms with Crippen LogP contribution in [0.25, 0.3) is 0 Å². The number of carbonyl (C=O) groups excluding carboxylic acids is 1. The van der Waals surface area contributed by atoms with Crippen molar-refractivity contribution in [2.75, 3.05) is 6.54 Å². The predicted octanol–water partition coefficient (Wildman–Crippen LogP) is 4.34. The van der Waals surface area contributed by atoms with E-state index in [1.54, 1.807) is 0 Å². The summed E-state index contributed by atoms with van der Waals surface area (Å²) in [7, 11) is 0. The average molecular weight is 327 g/mol. The van der Waals surface area contributed by atoms with E-state index in [0.717, 1.165) is 0 Å². The zero-order valence-electron chi connectivity index (χ0n) is 16.5. The second-order valence-electron chi connectivity index (χ2n) is 9.39. The molecule has 1 fully saturated rings. The fourth-order valence-corrected chi connectivity index (χ4v) is 3.46. The molecule has 1 aliphatic rings. The predicted molar refractivity (Wildman–Crippen MR) is 96.6 cm³/mol. The van der Waals surface area contributed by atoms with Gasteiger partial charge in [0, 0.05) is 18.6 Å². The van der Waals surface area contributed by atoms with Crippen molar-refractivity contribution in [3.8, 4) is 0 Å². The van der Waals surface area contributed by atoms with E-state index < -0.39 is 5.60 Å². The van der Waals surface area contributed by atoms with E-state index in [2.05, 4.69) is 45.3 Å². The molecule has 136 valence electrons. The Labute approximate surface area is 143 Å². The number of rotatable bonds is 5. The Hall–Kier alpha value is -0.770. The highest BCUT2D eigenvalue weighted by Crippen LogP contribution is 2.38. The van der Waals surface area contributed by atoms with Crippen LogP contribution >= 0.6 is 0 Å². The highest BCUT2D eigenvalue weighted by atomic mass is 16.6. The van der Waals surface area contributed by atoms with Gasteiger partial charge in [0.2, 0.25) is 0 Å². The van der Waals surface area contributed by atoms with Crippen LogP contribution in [0, 0.1) is 17.3 Å². The third-order valence-corrected chi connectivity index (χ3v) is 4.79. The third-order valence-electron chi connectivity index (χ3n) is 4.79. The zero-order valence-corrected chi connectivity index (χ0v) is 16.5. The number of nitrogens with one attached hydrogen (secondary N) is 2. The average Bonchev–Trinajstić information content (AvgIpc) is 2.33. The monoisotopic (exact) mass is 326 g/mol. The Morgan fingerprint density at radius 3 is 2.39 bits per heavy atom. The number of carbonyl (C=O) groups is 1. The Kier molecular flexibility index (Phi) is 6.94. The summed E-state index contributed by atoms with van der Waals surface area (Å²) in [6.07, 6.45) is 3.40. The van der Waals surface area contributed by atoms with Crippen molar-refractivity contribution in [3.63, 3.8) is 0 Å². The second kappa shape index (κ2) is 7.87. The standard InChI is InChI=1S/C19H38N2O2/c1-13(2)16(12-20-17(22)23-18(4,5)6)21-15-9-10-19(7,8)11-14(15)3/h13-16,21H,9-12H2,1-8H3,(H,20,22). The van der Waals surface area contributed by atoms with Crippen molar-refractivity contribution in [1.29, 1.82) is 0 Å². The third kappa shape index (κ3) is 7.56. The van der Waals surface area contributed by atoms with E-state index >= 15 is 0 Å². The molecule has 4 heteroatoms. The molecule has 1 aliphatic carbocycles. The Morgan fingerprint density at radius 1 is 1.30 bits per heavy atom. The quantitative estimate of drug-likeness (QED) is 0.790. The fraction of sp³-hybridized carbons (Fsp3) is 0.947. The SMILES string of the molecule is CC(C)C(CNC(=O)OC(C)(C)C)NC1CCC(C)(C)CC1C. The molecule has 0 radical (unpaired) electrons. The van der Waals surface area contributed by atoms with Gasteiger partial charge in [-0.25, -0.2) is 4.79 Å². The van der Waals surface area contributed by atoms with Crippen molar-refractivity contribution < 1.29 is 9.53 Å². The molecule has 0 aliphatic heterocycles. The first-order valence-corrected chi connectivity index (χ1v) is 9.12. The van der Waals surface area contributed by atoms with Crippen LogP contribution in [0.3, 0.4) is 0 Å². The molecule has 1 amide bonds. The van der Waals surface area contributed by atoms with Gasteiger partial charge in [-0.05, 0) is 57.3 Å². The summed E-state index contributed by atoms with van der Waals surface area (Å²) in [5.74, 6) is 1.13. The first-order chi connectivity index (χ1) is 10.4. The summed E-state index contributed by atoms with van der Waals surface area (Å²) in [6.45, 7) is 17.7. The molecule has 0 heterocycles. The maximum Gasteiger partial charge on any atom is 0.407 e. The lowest BCUT2D eigenvalue weighted by molar-refractivity contribution is 0.0514. The van der Waals surface area contributed by atoms with E-state index in [1.807, 2.05) is 20.8 Å². The smallest absolute Gasteiger partial charge is 0.407 e. The number of hydrogen-bond acceptors (Lipinski definition) is 3. The van der Waals surface area contributed by atoms with Gasteiger partial charge in [-0.15, -0.1) is 0 Å². The van der Waals surface area contributed by atoms with Gasteiger partial charge in [-0.1, -0.05) is 34.6 Å². The van der Waals surface area contributed by atoms with Gasteiger partial charge in [-0.2, -0.15) is 0 Å². The van der Waals surface area contributed by atoms with Gasteiger partial charge in [0.05, 0.1) is 0 Å². The molecule has 0 saturated heterocycles. The van der Waals surface area contributed by atoms with Gasteiger partial charge in [0.15, 0.2) is 0 Å². The molecule has 4 nitrogen and oxygen atoms in total. The van der Waals surface area contributed by atoms with Crippen LogP contribution in [0.5, 0.6) is 0 Å². The van der Waals surface area contributed by atoms with Crippen LogP contribution < -0.4 is 10.6 Å². The van der Waals surface area contributed by atoms with E-state index in [4.69, 9.17) is 4.74 Å². The van der Waals surface area contributed by atoms with Crippen LogP contribution in [0.2, 0.25) is 0 Å². The molecule has 1 rings (SSSR count). The van der Waals surface area contributed by atoms with Crippen molar-refractivity contribution >= 4 is 6.09 Å². The van der Waals surface area contributed by atoms with Crippen molar-refractivity contribution in [3.05, 3.63) is 0 Å². The van der Waals surface area contributed by atoms with Crippen LogP contribution in [0.4, 0.5) is 4.79 Å². The topological polar surface area (TPSA) is 50.4 Å². The van der Waals surface area contributed by atoms with Gasteiger partial charge in [-0.3, -0.25) is 0 Å². The lowest BCUT2D eigenvalue weighted by atomic mass is 9.70. The van der Waals surface area contributed by atoms with Crippen LogP contribution in [-0.2, 0) is 4.74 Å². The molecular weight excluding hydrogens is 288 g/mol. The fourth-order valence-electron chi connectivity index (χ4n) is 3.46. The molecule has 1 saturated carbocycles. The van der Waals surface area contributed by atoms with Gasteiger partial charge in [0.1, 0.15) is 5.60 Å². The molecule has 2 N–H and O–H groups in total. The highest BCUT2D eigenvalue weighted by Gasteiger charge is 2.33. The molecule has 0 aromatic carbocycles. The minimum absolute atomic E-state index is 0.274. The number of ether oxygens (including phenoxy) is 1. The van der Waals surface area contributed by atoms with Crippen molar-refractivity contribution in [2.45, 2.75) is 92.3 Å². The minimum atomic E-state index is -0.450. The molecule has 0 spiro atoms.